The summed E-state index contributed by atoms with van der Waals surface area (Å²) in [4.78, 5) is 17.0. The van der Waals surface area contributed by atoms with E-state index in [0.29, 0.717) is 27.4 Å². The molecule has 0 radical (unpaired) electrons. The first-order valence-corrected chi connectivity index (χ1v) is 10.2. The summed E-state index contributed by atoms with van der Waals surface area (Å²) in [6.45, 7) is 0. The van der Waals surface area contributed by atoms with Crippen LogP contribution < -0.4 is 15.4 Å². The number of rotatable bonds is 4. The molecule has 0 saturated carbocycles. The van der Waals surface area contributed by atoms with Gasteiger partial charge in [-0.2, -0.15) is 0 Å². The van der Waals surface area contributed by atoms with E-state index in [9.17, 15) is 4.79 Å². The van der Waals surface area contributed by atoms with Gasteiger partial charge in [0.15, 0.2) is 10.7 Å². The number of methoxy groups -OCH3 is 1. The second-order valence-corrected chi connectivity index (χ2v) is 7.59. The first kappa shape index (κ1) is 20.1. The molecule has 0 aliphatic carbocycles. The number of oxazole rings is 1. The van der Waals surface area contributed by atoms with Gasteiger partial charge in [-0.3, -0.25) is 10.1 Å². The van der Waals surface area contributed by atoms with Gasteiger partial charge in [-0.15, -0.1) is 0 Å². The third-order valence-electron chi connectivity index (χ3n) is 4.30. The molecule has 0 unspecified atom stereocenters. The number of nitrogens with zero attached hydrogens (tertiary/aromatic N) is 1. The third kappa shape index (κ3) is 4.34. The normalized spacial score (nSPS) is 10.6. The van der Waals surface area contributed by atoms with Gasteiger partial charge in [-0.05, 0) is 76.7 Å². The van der Waals surface area contributed by atoms with Crippen LogP contribution in [0, 0.1) is 0 Å². The number of benzene rings is 3. The van der Waals surface area contributed by atoms with Crippen molar-refractivity contribution in [2.24, 2.45) is 0 Å². The Kier molecular flexibility index (Phi) is 5.78. The van der Waals surface area contributed by atoms with Gasteiger partial charge in [0.25, 0.3) is 5.91 Å². The molecule has 0 spiro atoms. The monoisotopic (exact) mass is 481 g/mol. The maximum absolute atomic E-state index is 12.5. The van der Waals surface area contributed by atoms with Crippen molar-refractivity contribution >= 4 is 56.0 Å². The number of ether oxygens (including phenoxy) is 1. The van der Waals surface area contributed by atoms with E-state index in [1.807, 2.05) is 48.5 Å². The Bertz CT molecular complexity index is 1220. The lowest BCUT2D eigenvalue weighted by molar-refractivity contribution is 0.0977. The van der Waals surface area contributed by atoms with E-state index in [0.717, 1.165) is 16.7 Å². The Labute approximate surface area is 186 Å². The summed E-state index contributed by atoms with van der Waals surface area (Å²) < 4.78 is 11.7. The Morgan fingerprint density at radius 1 is 1.10 bits per heavy atom. The number of amides is 1. The molecule has 4 rings (SSSR count). The number of fused-ring (bicyclic) bond motifs is 1. The zero-order chi connectivity index (χ0) is 21.1. The van der Waals surface area contributed by atoms with Crippen LogP contribution >= 0.6 is 28.1 Å². The van der Waals surface area contributed by atoms with Crippen LogP contribution in [0.4, 0.5) is 5.69 Å². The largest absolute Gasteiger partial charge is 0.496 e. The van der Waals surface area contributed by atoms with Crippen LogP contribution in [-0.2, 0) is 0 Å². The number of thiocarbonyl (C=S) groups is 1. The highest BCUT2D eigenvalue weighted by Crippen LogP contribution is 2.27. The van der Waals surface area contributed by atoms with Crippen molar-refractivity contribution in [1.29, 1.82) is 0 Å². The van der Waals surface area contributed by atoms with Gasteiger partial charge in [0.1, 0.15) is 11.3 Å². The number of carbonyl (C=O) groups excluding carboxylic acids is 1. The lowest BCUT2D eigenvalue weighted by atomic mass is 10.2. The second kappa shape index (κ2) is 8.64. The van der Waals surface area contributed by atoms with E-state index in [1.165, 1.54) is 0 Å². The van der Waals surface area contributed by atoms with Gasteiger partial charge in [0, 0.05) is 16.8 Å². The number of carbonyl (C=O) groups is 1. The van der Waals surface area contributed by atoms with E-state index in [1.54, 1.807) is 25.3 Å². The molecule has 0 bridgehead atoms. The number of halogens is 1. The number of hydrogen-bond acceptors (Lipinski definition) is 5. The minimum absolute atomic E-state index is 0.182. The Balaban J connectivity index is 1.46. The average molecular weight is 482 g/mol. The quantitative estimate of drug-likeness (QED) is 0.380. The number of hydrogen-bond donors (Lipinski definition) is 2. The number of aromatic nitrogens is 1. The topological polar surface area (TPSA) is 76.4 Å². The van der Waals surface area contributed by atoms with Crippen molar-refractivity contribution < 1.29 is 13.9 Å². The van der Waals surface area contributed by atoms with Crippen LogP contribution in [-0.4, -0.2) is 23.1 Å². The van der Waals surface area contributed by atoms with Crippen molar-refractivity contribution in [3.05, 3.63) is 76.8 Å². The molecular formula is C22H16BrN3O3S. The summed E-state index contributed by atoms with van der Waals surface area (Å²) in [5.41, 5.74) is 3.46. The molecule has 0 aliphatic heterocycles. The van der Waals surface area contributed by atoms with E-state index >= 15 is 0 Å². The highest BCUT2D eigenvalue weighted by molar-refractivity contribution is 9.10. The fraction of sp³-hybridized carbons (Fsp3) is 0.0455. The van der Waals surface area contributed by atoms with Crippen molar-refractivity contribution in [2.45, 2.75) is 0 Å². The third-order valence-corrected chi connectivity index (χ3v) is 5.13. The zero-order valence-electron chi connectivity index (χ0n) is 15.8. The first-order chi connectivity index (χ1) is 14.5. The van der Waals surface area contributed by atoms with Gasteiger partial charge in [-0.25, -0.2) is 4.98 Å². The number of para-hydroxylation sites is 2. The van der Waals surface area contributed by atoms with Crippen LogP contribution in [0.5, 0.6) is 5.75 Å². The number of nitrogens with one attached hydrogen (secondary N) is 2. The van der Waals surface area contributed by atoms with Crippen molar-refractivity contribution in [3.63, 3.8) is 0 Å². The van der Waals surface area contributed by atoms with E-state index < -0.39 is 0 Å². The molecule has 0 aliphatic rings. The summed E-state index contributed by atoms with van der Waals surface area (Å²) in [5, 5.41) is 5.87. The maximum atomic E-state index is 12.5. The van der Waals surface area contributed by atoms with Crippen LogP contribution in [0.1, 0.15) is 10.4 Å². The molecule has 0 atom stereocenters. The molecule has 6 nitrogen and oxygen atoms in total. The van der Waals surface area contributed by atoms with Crippen molar-refractivity contribution in [3.8, 4) is 17.2 Å². The minimum Gasteiger partial charge on any atom is -0.496 e. The van der Waals surface area contributed by atoms with Gasteiger partial charge < -0.3 is 14.5 Å². The van der Waals surface area contributed by atoms with E-state index in [2.05, 4.69) is 31.5 Å². The fourth-order valence-corrected chi connectivity index (χ4v) is 3.62. The summed E-state index contributed by atoms with van der Waals surface area (Å²) in [7, 11) is 1.56. The summed E-state index contributed by atoms with van der Waals surface area (Å²) in [6, 6.07) is 20.1. The van der Waals surface area contributed by atoms with Crippen molar-refractivity contribution in [2.75, 3.05) is 12.4 Å². The summed E-state index contributed by atoms with van der Waals surface area (Å²) in [6.07, 6.45) is 0. The average Bonchev–Trinajstić information content (AvgIpc) is 3.18. The van der Waals surface area contributed by atoms with Gasteiger partial charge in [-0.1, -0.05) is 18.2 Å². The molecule has 2 N–H and O–H groups in total. The lowest BCUT2D eigenvalue weighted by Crippen LogP contribution is -2.34. The van der Waals surface area contributed by atoms with Crippen LogP contribution in [0.3, 0.4) is 0 Å². The van der Waals surface area contributed by atoms with Crippen LogP contribution in [0.15, 0.2) is 75.6 Å². The predicted molar refractivity (Wildman–Crippen MR) is 124 cm³/mol. The molecule has 4 aromatic rings. The van der Waals surface area contributed by atoms with Gasteiger partial charge in [0.05, 0.1) is 11.6 Å². The molecule has 150 valence electrons. The Morgan fingerprint density at radius 2 is 1.93 bits per heavy atom. The zero-order valence-corrected chi connectivity index (χ0v) is 18.2. The van der Waals surface area contributed by atoms with Crippen LogP contribution in [0.25, 0.3) is 22.6 Å². The Hall–Kier alpha value is -3.23. The highest BCUT2D eigenvalue weighted by atomic mass is 79.9. The lowest BCUT2D eigenvalue weighted by Gasteiger charge is -2.11. The Morgan fingerprint density at radius 3 is 2.70 bits per heavy atom. The molecule has 1 heterocycles. The summed E-state index contributed by atoms with van der Waals surface area (Å²) >= 11 is 8.66. The SMILES string of the molecule is COc1ccc(C(=O)NC(=S)Nc2cccc(-c3nc4ccccc4o3)c2)cc1Br. The molecular weight excluding hydrogens is 466 g/mol. The van der Waals surface area contributed by atoms with Gasteiger partial charge in [0.2, 0.25) is 5.89 Å². The highest BCUT2D eigenvalue weighted by Gasteiger charge is 2.12. The smallest absolute Gasteiger partial charge is 0.257 e. The molecule has 0 saturated heterocycles. The van der Waals surface area contributed by atoms with E-state index in [-0.39, 0.29) is 11.0 Å². The molecule has 8 heteroatoms. The molecule has 1 amide bonds. The van der Waals surface area contributed by atoms with Gasteiger partial charge >= 0.3 is 0 Å². The summed E-state index contributed by atoms with van der Waals surface area (Å²) in [5.74, 6) is 0.826. The number of anilines is 1. The maximum Gasteiger partial charge on any atom is 0.257 e. The van der Waals surface area contributed by atoms with E-state index in [4.69, 9.17) is 21.4 Å². The van der Waals surface area contributed by atoms with Crippen molar-refractivity contribution in [1.82, 2.24) is 10.3 Å². The molecule has 3 aromatic carbocycles. The molecule has 1 aromatic heterocycles. The predicted octanol–water partition coefficient (Wildman–Crippen LogP) is 5.39. The molecule has 0 fully saturated rings. The van der Waals surface area contributed by atoms with Crippen LogP contribution in [0.2, 0.25) is 0 Å². The minimum atomic E-state index is -0.328. The molecule has 30 heavy (non-hydrogen) atoms. The second-order valence-electron chi connectivity index (χ2n) is 6.33. The first-order valence-electron chi connectivity index (χ1n) is 8.95. The fourth-order valence-electron chi connectivity index (χ4n) is 2.87. The standard InChI is InChI=1S/C22H16BrN3O3S/c1-28-18-10-9-13(12-16(18)23)20(27)26-22(30)24-15-6-4-5-14(11-15)21-25-17-7-2-3-8-19(17)29-21/h2-12H,1H3,(H2,24,26,27,30).